The standard InChI is InChI=1S/C23H33N5O/c1-3-27(17-18-10-12-24-13-11-18)19-8-9-21-20(16-19)22(25-26(21)2)23(29)28-14-6-4-5-7-15-28/h10-13,19H,3-9,14-17H2,1-2H3. The molecule has 2 aromatic rings. The number of rotatable bonds is 5. The van der Waals surface area contributed by atoms with Crippen molar-refractivity contribution in [2.45, 2.75) is 64.5 Å². The first-order chi connectivity index (χ1) is 14.2. The summed E-state index contributed by atoms with van der Waals surface area (Å²) in [5, 5.41) is 4.70. The van der Waals surface area contributed by atoms with Crippen molar-refractivity contribution in [3.63, 3.8) is 0 Å². The molecule has 1 saturated heterocycles. The molecule has 0 aromatic carbocycles. The average Bonchev–Trinajstić information content (AvgIpc) is 2.92. The van der Waals surface area contributed by atoms with Crippen molar-refractivity contribution in [3.8, 4) is 0 Å². The van der Waals surface area contributed by atoms with Crippen molar-refractivity contribution >= 4 is 5.91 Å². The highest BCUT2D eigenvalue weighted by atomic mass is 16.2. The maximum Gasteiger partial charge on any atom is 0.274 e. The molecule has 2 aliphatic rings. The summed E-state index contributed by atoms with van der Waals surface area (Å²) < 4.78 is 1.95. The van der Waals surface area contributed by atoms with Crippen molar-refractivity contribution in [2.75, 3.05) is 19.6 Å². The second-order valence-electron chi connectivity index (χ2n) is 8.42. The smallest absolute Gasteiger partial charge is 0.274 e. The van der Waals surface area contributed by atoms with Gasteiger partial charge >= 0.3 is 0 Å². The Hall–Kier alpha value is -2.21. The van der Waals surface area contributed by atoms with E-state index in [0.29, 0.717) is 11.7 Å². The van der Waals surface area contributed by atoms with E-state index in [1.165, 1.54) is 29.7 Å². The quantitative estimate of drug-likeness (QED) is 0.780. The Bertz CT molecular complexity index is 823. The maximum atomic E-state index is 13.3. The minimum atomic E-state index is 0.140. The van der Waals surface area contributed by atoms with E-state index in [4.69, 9.17) is 5.10 Å². The molecule has 2 aromatic heterocycles. The summed E-state index contributed by atoms with van der Waals surface area (Å²) in [6, 6.07) is 4.63. The van der Waals surface area contributed by atoms with Crippen LogP contribution in [0.3, 0.4) is 0 Å². The van der Waals surface area contributed by atoms with Gasteiger partial charge in [0.15, 0.2) is 5.69 Å². The Balaban J connectivity index is 1.54. The molecule has 1 unspecified atom stereocenters. The Morgan fingerprint density at radius 2 is 1.90 bits per heavy atom. The summed E-state index contributed by atoms with van der Waals surface area (Å²) in [6.07, 6.45) is 11.4. The predicted octanol–water partition coefficient (Wildman–Crippen LogP) is 3.21. The van der Waals surface area contributed by atoms with Gasteiger partial charge in [0.1, 0.15) is 0 Å². The zero-order chi connectivity index (χ0) is 20.2. The van der Waals surface area contributed by atoms with Crippen LogP contribution in [0, 0.1) is 0 Å². The lowest BCUT2D eigenvalue weighted by Crippen LogP contribution is -2.39. The maximum absolute atomic E-state index is 13.3. The number of pyridine rings is 1. The van der Waals surface area contributed by atoms with Gasteiger partial charge in [0.05, 0.1) is 0 Å². The summed E-state index contributed by atoms with van der Waals surface area (Å²) in [6.45, 7) is 5.89. The molecule has 156 valence electrons. The number of likely N-dealkylation sites (N-methyl/N-ethyl adjacent to an activating group) is 1. The summed E-state index contributed by atoms with van der Waals surface area (Å²) in [5.41, 5.74) is 4.43. The summed E-state index contributed by atoms with van der Waals surface area (Å²) in [5.74, 6) is 0.140. The fourth-order valence-corrected chi connectivity index (χ4v) is 4.90. The van der Waals surface area contributed by atoms with Crippen molar-refractivity contribution in [1.82, 2.24) is 24.6 Å². The summed E-state index contributed by atoms with van der Waals surface area (Å²) in [4.78, 5) is 22.0. The predicted molar refractivity (Wildman–Crippen MR) is 114 cm³/mol. The van der Waals surface area contributed by atoms with E-state index in [1.807, 2.05) is 29.0 Å². The Morgan fingerprint density at radius 1 is 1.17 bits per heavy atom. The highest BCUT2D eigenvalue weighted by molar-refractivity contribution is 5.94. The number of hydrogen-bond acceptors (Lipinski definition) is 4. The van der Waals surface area contributed by atoms with Crippen LogP contribution in [0.4, 0.5) is 0 Å². The zero-order valence-corrected chi connectivity index (χ0v) is 17.8. The molecule has 29 heavy (non-hydrogen) atoms. The van der Waals surface area contributed by atoms with Gasteiger partial charge in [-0.05, 0) is 56.3 Å². The highest BCUT2D eigenvalue weighted by Crippen LogP contribution is 2.29. The monoisotopic (exact) mass is 395 g/mol. The molecule has 0 spiro atoms. The van der Waals surface area contributed by atoms with Crippen LogP contribution in [-0.4, -0.2) is 56.1 Å². The Morgan fingerprint density at radius 3 is 2.59 bits per heavy atom. The number of likely N-dealkylation sites (tertiary alicyclic amines) is 1. The lowest BCUT2D eigenvalue weighted by molar-refractivity contribution is 0.0753. The lowest BCUT2D eigenvalue weighted by Gasteiger charge is -2.34. The number of aromatic nitrogens is 3. The van der Waals surface area contributed by atoms with Crippen molar-refractivity contribution in [1.29, 1.82) is 0 Å². The van der Waals surface area contributed by atoms with Gasteiger partial charge in [-0.2, -0.15) is 5.10 Å². The van der Waals surface area contributed by atoms with E-state index >= 15 is 0 Å². The third kappa shape index (κ3) is 4.37. The molecule has 6 heteroatoms. The van der Waals surface area contributed by atoms with Crippen molar-refractivity contribution < 1.29 is 4.79 Å². The van der Waals surface area contributed by atoms with Crippen LogP contribution in [0.5, 0.6) is 0 Å². The minimum absolute atomic E-state index is 0.140. The summed E-state index contributed by atoms with van der Waals surface area (Å²) >= 11 is 0. The lowest BCUT2D eigenvalue weighted by atomic mass is 9.89. The topological polar surface area (TPSA) is 54.3 Å². The minimum Gasteiger partial charge on any atom is -0.337 e. The number of carbonyl (C=O) groups excluding carboxylic acids is 1. The number of aryl methyl sites for hydroxylation is 1. The fourth-order valence-electron chi connectivity index (χ4n) is 4.90. The average molecular weight is 396 g/mol. The van der Waals surface area contributed by atoms with Crippen LogP contribution in [0.15, 0.2) is 24.5 Å². The molecule has 1 aliphatic carbocycles. The van der Waals surface area contributed by atoms with E-state index in [9.17, 15) is 4.79 Å². The van der Waals surface area contributed by atoms with E-state index in [0.717, 1.165) is 58.3 Å². The number of amides is 1. The Kier molecular flexibility index (Phi) is 6.28. The molecule has 1 amide bonds. The molecule has 1 fully saturated rings. The van der Waals surface area contributed by atoms with Crippen LogP contribution >= 0.6 is 0 Å². The largest absolute Gasteiger partial charge is 0.337 e. The second-order valence-corrected chi connectivity index (χ2v) is 8.42. The first-order valence-corrected chi connectivity index (χ1v) is 11.1. The van der Waals surface area contributed by atoms with Crippen LogP contribution < -0.4 is 0 Å². The molecule has 1 atom stereocenters. The van der Waals surface area contributed by atoms with Gasteiger partial charge in [0.25, 0.3) is 5.91 Å². The van der Waals surface area contributed by atoms with Gasteiger partial charge in [-0.15, -0.1) is 0 Å². The second kappa shape index (κ2) is 9.08. The van der Waals surface area contributed by atoms with Gasteiger partial charge in [-0.1, -0.05) is 19.8 Å². The van der Waals surface area contributed by atoms with Crippen LogP contribution in [-0.2, 0) is 26.4 Å². The zero-order valence-electron chi connectivity index (χ0n) is 17.8. The molecule has 1 aliphatic heterocycles. The third-order valence-electron chi connectivity index (χ3n) is 6.58. The van der Waals surface area contributed by atoms with Gasteiger partial charge in [-0.25, -0.2) is 0 Å². The van der Waals surface area contributed by atoms with Gasteiger partial charge < -0.3 is 4.90 Å². The van der Waals surface area contributed by atoms with Gasteiger partial charge in [0, 0.05) is 56.4 Å². The molecule has 3 heterocycles. The van der Waals surface area contributed by atoms with E-state index in [-0.39, 0.29) is 5.91 Å². The SMILES string of the molecule is CCN(Cc1ccncc1)C1CCc2c(c(C(=O)N3CCCCCC3)nn2C)C1. The number of fused-ring (bicyclic) bond motifs is 1. The molecular weight excluding hydrogens is 362 g/mol. The molecule has 0 bridgehead atoms. The molecule has 6 nitrogen and oxygen atoms in total. The van der Waals surface area contributed by atoms with Crippen LogP contribution in [0.2, 0.25) is 0 Å². The molecule has 0 radical (unpaired) electrons. The number of hydrogen-bond donors (Lipinski definition) is 0. The molecule has 4 rings (SSSR count). The summed E-state index contributed by atoms with van der Waals surface area (Å²) in [7, 11) is 1.99. The first kappa shape index (κ1) is 20.1. The van der Waals surface area contributed by atoms with E-state index in [1.54, 1.807) is 0 Å². The normalized spacial score (nSPS) is 19.8. The molecular formula is C23H33N5O. The molecule has 0 N–H and O–H groups in total. The van der Waals surface area contributed by atoms with Crippen LogP contribution in [0.1, 0.15) is 66.3 Å². The van der Waals surface area contributed by atoms with Gasteiger partial charge in [-0.3, -0.25) is 19.4 Å². The first-order valence-electron chi connectivity index (χ1n) is 11.1. The Labute approximate surface area is 173 Å². The molecule has 0 saturated carbocycles. The van der Waals surface area contributed by atoms with E-state index in [2.05, 4.69) is 28.9 Å². The van der Waals surface area contributed by atoms with Gasteiger partial charge in [0.2, 0.25) is 0 Å². The van der Waals surface area contributed by atoms with Crippen molar-refractivity contribution in [2.24, 2.45) is 7.05 Å². The van der Waals surface area contributed by atoms with Crippen LogP contribution in [0.25, 0.3) is 0 Å². The highest BCUT2D eigenvalue weighted by Gasteiger charge is 2.32. The number of nitrogens with zero attached hydrogens (tertiary/aromatic N) is 5. The fraction of sp³-hybridized carbons (Fsp3) is 0.609. The van der Waals surface area contributed by atoms with E-state index < -0.39 is 0 Å². The number of carbonyl (C=O) groups is 1. The van der Waals surface area contributed by atoms with Crippen molar-refractivity contribution in [3.05, 3.63) is 47.0 Å². The third-order valence-corrected chi connectivity index (χ3v) is 6.58.